The molecule has 1 aromatic rings. The highest BCUT2D eigenvalue weighted by Gasteiger charge is 2.11. The first-order valence-electron chi connectivity index (χ1n) is 6.90. The highest BCUT2D eigenvalue weighted by molar-refractivity contribution is 5.38. The van der Waals surface area contributed by atoms with Crippen molar-refractivity contribution < 1.29 is 4.74 Å². The summed E-state index contributed by atoms with van der Waals surface area (Å²) in [6.07, 6.45) is 2.12. The van der Waals surface area contributed by atoms with Crippen LogP contribution in [0, 0.1) is 20.8 Å². The molecule has 0 aliphatic rings. The minimum atomic E-state index is 0.400. The monoisotopic (exact) mass is 249 g/mol. The zero-order valence-corrected chi connectivity index (χ0v) is 12.5. The Morgan fingerprint density at radius 2 is 1.78 bits per heavy atom. The number of benzene rings is 1. The largest absolute Gasteiger partial charge is 0.380 e. The van der Waals surface area contributed by atoms with Crippen LogP contribution >= 0.6 is 0 Å². The lowest BCUT2D eigenvalue weighted by molar-refractivity contribution is 0.114. The molecule has 0 spiro atoms. The molecule has 0 aromatic heterocycles. The van der Waals surface area contributed by atoms with Crippen LogP contribution in [0.5, 0.6) is 0 Å². The second-order valence-corrected chi connectivity index (χ2v) is 5.14. The van der Waals surface area contributed by atoms with Gasteiger partial charge in [-0.2, -0.15) is 0 Å². The lowest BCUT2D eigenvalue weighted by Gasteiger charge is -2.19. The molecule has 1 aromatic carbocycles. The normalized spacial score (nSPS) is 12.7. The fourth-order valence-electron chi connectivity index (χ4n) is 2.39. The van der Waals surface area contributed by atoms with Crippen LogP contribution in [0.4, 0.5) is 0 Å². The highest BCUT2D eigenvalue weighted by atomic mass is 16.5. The molecular formula is C16H27NO. The number of nitrogens with one attached hydrogen (secondary N) is 1. The summed E-state index contributed by atoms with van der Waals surface area (Å²) >= 11 is 0. The van der Waals surface area contributed by atoms with Gasteiger partial charge in [0.15, 0.2) is 0 Å². The number of likely N-dealkylation sites (N-methyl/N-ethyl adjacent to an activating group) is 1. The van der Waals surface area contributed by atoms with Crippen LogP contribution in [0.3, 0.4) is 0 Å². The van der Waals surface area contributed by atoms with E-state index in [1.807, 2.05) is 7.05 Å². The van der Waals surface area contributed by atoms with Crippen LogP contribution < -0.4 is 5.32 Å². The number of ether oxygens (including phenoxy) is 1. The fraction of sp³-hybridized carbons (Fsp3) is 0.625. The molecule has 18 heavy (non-hydrogen) atoms. The maximum Gasteiger partial charge on any atom is 0.0622 e. The fourth-order valence-corrected chi connectivity index (χ4v) is 2.39. The number of aryl methyl sites for hydroxylation is 3. The van der Waals surface area contributed by atoms with Crippen molar-refractivity contribution >= 4 is 0 Å². The van der Waals surface area contributed by atoms with Crippen molar-refractivity contribution in [2.24, 2.45) is 0 Å². The summed E-state index contributed by atoms with van der Waals surface area (Å²) in [4.78, 5) is 0. The first kappa shape index (κ1) is 15.2. The SMILES string of the molecule is CCCOCC(Cc1c(C)cc(C)cc1C)NC. The van der Waals surface area contributed by atoms with Gasteiger partial charge in [0.1, 0.15) is 0 Å². The Hall–Kier alpha value is -0.860. The minimum Gasteiger partial charge on any atom is -0.380 e. The molecule has 0 heterocycles. The van der Waals surface area contributed by atoms with Crippen molar-refractivity contribution in [2.75, 3.05) is 20.3 Å². The standard InChI is InChI=1S/C16H27NO/c1-6-7-18-11-15(17-5)10-16-13(3)8-12(2)9-14(16)4/h8-9,15,17H,6-7,10-11H2,1-5H3. The zero-order chi connectivity index (χ0) is 13.5. The molecule has 0 amide bonds. The van der Waals surface area contributed by atoms with Gasteiger partial charge in [0.25, 0.3) is 0 Å². The third-order valence-electron chi connectivity index (χ3n) is 3.37. The first-order valence-corrected chi connectivity index (χ1v) is 6.90. The second-order valence-electron chi connectivity index (χ2n) is 5.14. The van der Waals surface area contributed by atoms with Crippen molar-refractivity contribution in [3.05, 3.63) is 34.4 Å². The number of hydrogen-bond acceptors (Lipinski definition) is 2. The molecule has 102 valence electrons. The molecule has 0 aliphatic carbocycles. The summed E-state index contributed by atoms with van der Waals surface area (Å²) in [5.74, 6) is 0. The molecular weight excluding hydrogens is 222 g/mol. The van der Waals surface area contributed by atoms with Crippen LogP contribution in [0.2, 0.25) is 0 Å². The molecule has 1 unspecified atom stereocenters. The Bertz CT molecular complexity index is 350. The quantitative estimate of drug-likeness (QED) is 0.749. The van der Waals surface area contributed by atoms with Gasteiger partial charge in [0.05, 0.1) is 6.61 Å². The van der Waals surface area contributed by atoms with Gasteiger partial charge >= 0.3 is 0 Å². The molecule has 0 fully saturated rings. The topological polar surface area (TPSA) is 21.3 Å². The first-order chi connectivity index (χ1) is 8.58. The number of hydrogen-bond donors (Lipinski definition) is 1. The third kappa shape index (κ3) is 4.43. The molecule has 1 rings (SSSR count). The Balaban J connectivity index is 2.69. The Kier molecular flexibility index (Phi) is 6.37. The van der Waals surface area contributed by atoms with E-state index in [0.717, 1.165) is 26.1 Å². The molecule has 1 N–H and O–H groups in total. The molecule has 0 radical (unpaired) electrons. The molecule has 0 saturated heterocycles. The van der Waals surface area contributed by atoms with Gasteiger partial charge in [-0.1, -0.05) is 24.6 Å². The van der Waals surface area contributed by atoms with E-state index in [4.69, 9.17) is 4.74 Å². The van der Waals surface area contributed by atoms with Gasteiger partial charge in [-0.25, -0.2) is 0 Å². The lowest BCUT2D eigenvalue weighted by Crippen LogP contribution is -2.33. The van der Waals surface area contributed by atoms with Crippen molar-refractivity contribution in [3.8, 4) is 0 Å². The Labute approximate surface area is 112 Å². The molecule has 2 nitrogen and oxygen atoms in total. The Morgan fingerprint density at radius 1 is 1.17 bits per heavy atom. The van der Waals surface area contributed by atoms with Crippen LogP contribution in [-0.2, 0) is 11.2 Å². The van der Waals surface area contributed by atoms with E-state index >= 15 is 0 Å². The van der Waals surface area contributed by atoms with Gasteiger partial charge in [-0.15, -0.1) is 0 Å². The van der Waals surface area contributed by atoms with Crippen LogP contribution in [0.25, 0.3) is 0 Å². The van der Waals surface area contributed by atoms with E-state index < -0.39 is 0 Å². The summed E-state index contributed by atoms with van der Waals surface area (Å²) in [6, 6.07) is 4.93. The summed E-state index contributed by atoms with van der Waals surface area (Å²) < 4.78 is 5.65. The van der Waals surface area contributed by atoms with Crippen LogP contribution in [0.15, 0.2) is 12.1 Å². The smallest absolute Gasteiger partial charge is 0.0622 e. The summed E-state index contributed by atoms with van der Waals surface area (Å²) in [5, 5.41) is 3.35. The van der Waals surface area contributed by atoms with E-state index in [2.05, 4.69) is 45.1 Å². The van der Waals surface area contributed by atoms with Gasteiger partial charge in [-0.05, 0) is 57.4 Å². The average Bonchev–Trinajstić information content (AvgIpc) is 2.31. The summed E-state index contributed by atoms with van der Waals surface area (Å²) in [7, 11) is 2.01. The third-order valence-corrected chi connectivity index (χ3v) is 3.37. The lowest BCUT2D eigenvalue weighted by atomic mass is 9.94. The Morgan fingerprint density at radius 3 is 2.28 bits per heavy atom. The van der Waals surface area contributed by atoms with Crippen molar-refractivity contribution in [2.45, 2.75) is 46.6 Å². The van der Waals surface area contributed by atoms with Gasteiger partial charge in [0, 0.05) is 12.6 Å². The van der Waals surface area contributed by atoms with E-state index in [-0.39, 0.29) is 0 Å². The van der Waals surface area contributed by atoms with E-state index in [1.165, 1.54) is 22.3 Å². The van der Waals surface area contributed by atoms with Gasteiger partial charge in [0.2, 0.25) is 0 Å². The highest BCUT2D eigenvalue weighted by Crippen LogP contribution is 2.18. The summed E-state index contributed by atoms with van der Waals surface area (Å²) in [6.45, 7) is 10.3. The van der Waals surface area contributed by atoms with Crippen LogP contribution in [0.1, 0.15) is 35.6 Å². The molecule has 1 atom stereocenters. The van der Waals surface area contributed by atoms with E-state index in [1.54, 1.807) is 0 Å². The molecule has 0 aliphatic heterocycles. The van der Waals surface area contributed by atoms with Crippen molar-refractivity contribution in [3.63, 3.8) is 0 Å². The van der Waals surface area contributed by atoms with Crippen molar-refractivity contribution in [1.29, 1.82) is 0 Å². The van der Waals surface area contributed by atoms with Gasteiger partial charge in [-0.3, -0.25) is 0 Å². The number of rotatable bonds is 7. The predicted octanol–water partition coefficient (Wildman–Crippen LogP) is 3.17. The van der Waals surface area contributed by atoms with Gasteiger partial charge < -0.3 is 10.1 Å². The second kappa shape index (κ2) is 7.55. The maximum atomic E-state index is 5.65. The molecule has 0 saturated carbocycles. The average molecular weight is 249 g/mol. The van der Waals surface area contributed by atoms with Crippen molar-refractivity contribution in [1.82, 2.24) is 5.32 Å². The molecule has 0 bridgehead atoms. The van der Waals surface area contributed by atoms with E-state index in [9.17, 15) is 0 Å². The predicted molar refractivity (Wildman–Crippen MR) is 78.3 cm³/mol. The molecule has 2 heteroatoms. The minimum absolute atomic E-state index is 0.400. The summed E-state index contributed by atoms with van der Waals surface area (Å²) in [5.41, 5.74) is 5.59. The van der Waals surface area contributed by atoms with E-state index in [0.29, 0.717) is 6.04 Å². The zero-order valence-electron chi connectivity index (χ0n) is 12.5. The maximum absolute atomic E-state index is 5.65. The van der Waals surface area contributed by atoms with Crippen LogP contribution in [-0.4, -0.2) is 26.3 Å².